The highest BCUT2D eigenvalue weighted by molar-refractivity contribution is 7.23. The first-order chi connectivity index (χ1) is 11.6. The SMILES string of the molecule is CN[C@@H]1CC[C@H](C(=O)Nc2nc3ccc4cc(F)ccc4c3s2)C1. The largest absolute Gasteiger partial charge is 0.317 e. The fourth-order valence-corrected chi connectivity index (χ4v) is 4.43. The van der Waals surface area contributed by atoms with Gasteiger partial charge in [0.2, 0.25) is 5.91 Å². The molecule has 0 radical (unpaired) electrons. The zero-order valence-electron chi connectivity index (χ0n) is 13.3. The van der Waals surface area contributed by atoms with Gasteiger partial charge in [0.15, 0.2) is 5.13 Å². The van der Waals surface area contributed by atoms with Crippen LogP contribution < -0.4 is 10.6 Å². The molecule has 24 heavy (non-hydrogen) atoms. The van der Waals surface area contributed by atoms with Crippen LogP contribution in [-0.2, 0) is 4.79 Å². The van der Waals surface area contributed by atoms with Gasteiger partial charge in [-0.15, -0.1) is 0 Å². The average molecular weight is 343 g/mol. The summed E-state index contributed by atoms with van der Waals surface area (Å²) >= 11 is 1.45. The Morgan fingerprint density at radius 3 is 2.96 bits per heavy atom. The lowest BCUT2D eigenvalue weighted by atomic mass is 10.1. The Labute approximate surface area is 143 Å². The Kier molecular flexibility index (Phi) is 3.94. The molecule has 0 saturated heterocycles. The van der Waals surface area contributed by atoms with E-state index in [4.69, 9.17) is 0 Å². The minimum atomic E-state index is -0.250. The van der Waals surface area contributed by atoms with E-state index in [1.165, 1.54) is 23.5 Å². The van der Waals surface area contributed by atoms with Crippen LogP contribution in [0.1, 0.15) is 19.3 Å². The third kappa shape index (κ3) is 2.76. The summed E-state index contributed by atoms with van der Waals surface area (Å²) in [5, 5.41) is 8.61. The van der Waals surface area contributed by atoms with Gasteiger partial charge in [0.05, 0.1) is 10.2 Å². The van der Waals surface area contributed by atoms with Crippen LogP contribution >= 0.6 is 11.3 Å². The summed E-state index contributed by atoms with van der Waals surface area (Å²) in [6.45, 7) is 0. The number of aromatic nitrogens is 1. The van der Waals surface area contributed by atoms with E-state index in [1.54, 1.807) is 6.07 Å². The van der Waals surface area contributed by atoms with E-state index in [9.17, 15) is 9.18 Å². The van der Waals surface area contributed by atoms with Crippen LogP contribution in [0.15, 0.2) is 30.3 Å². The number of nitrogens with zero attached hydrogens (tertiary/aromatic N) is 1. The van der Waals surface area contributed by atoms with E-state index in [0.29, 0.717) is 11.2 Å². The Bertz CT molecular complexity index is 923. The van der Waals surface area contributed by atoms with Crippen molar-refractivity contribution >= 4 is 43.4 Å². The van der Waals surface area contributed by atoms with Gasteiger partial charge in [-0.25, -0.2) is 9.37 Å². The standard InChI is InChI=1S/C18H18FN3OS/c1-20-13-5-2-11(9-13)17(23)22-18-21-15-7-3-10-8-12(19)4-6-14(10)16(15)24-18/h3-4,6-8,11,13,20H,2,5,9H2,1H3,(H,21,22,23)/t11-,13+/m0/s1. The van der Waals surface area contributed by atoms with E-state index in [1.807, 2.05) is 19.2 Å². The van der Waals surface area contributed by atoms with Gasteiger partial charge in [0.25, 0.3) is 0 Å². The minimum absolute atomic E-state index is 0.0419. The van der Waals surface area contributed by atoms with E-state index in [-0.39, 0.29) is 17.6 Å². The molecule has 1 amide bonds. The molecule has 6 heteroatoms. The number of hydrogen-bond acceptors (Lipinski definition) is 4. The van der Waals surface area contributed by atoms with Crippen LogP contribution in [0, 0.1) is 11.7 Å². The van der Waals surface area contributed by atoms with Gasteiger partial charge in [-0.1, -0.05) is 17.4 Å². The maximum absolute atomic E-state index is 13.4. The van der Waals surface area contributed by atoms with Gasteiger partial charge in [-0.3, -0.25) is 4.79 Å². The van der Waals surface area contributed by atoms with E-state index >= 15 is 0 Å². The normalized spacial score (nSPS) is 20.8. The summed E-state index contributed by atoms with van der Waals surface area (Å²) < 4.78 is 14.3. The third-order valence-corrected chi connectivity index (χ3v) is 5.79. The molecule has 0 bridgehead atoms. The minimum Gasteiger partial charge on any atom is -0.317 e. The van der Waals surface area contributed by atoms with Crippen LogP contribution in [-0.4, -0.2) is 24.0 Å². The van der Waals surface area contributed by atoms with Gasteiger partial charge < -0.3 is 10.6 Å². The number of benzene rings is 2. The van der Waals surface area contributed by atoms with Crippen molar-refractivity contribution < 1.29 is 9.18 Å². The van der Waals surface area contributed by atoms with Crippen molar-refractivity contribution in [1.82, 2.24) is 10.3 Å². The number of fused-ring (bicyclic) bond motifs is 3. The molecule has 3 aromatic rings. The summed E-state index contributed by atoms with van der Waals surface area (Å²) in [5.41, 5.74) is 0.828. The molecule has 4 nitrogen and oxygen atoms in total. The average Bonchev–Trinajstić information content (AvgIpc) is 3.20. The van der Waals surface area contributed by atoms with Gasteiger partial charge in [0.1, 0.15) is 5.82 Å². The van der Waals surface area contributed by atoms with Crippen molar-refractivity contribution in [3.05, 3.63) is 36.1 Å². The summed E-state index contributed by atoms with van der Waals surface area (Å²) in [6, 6.07) is 8.90. The van der Waals surface area contributed by atoms with Crippen molar-refractivity contribution in [3.8, 4) is 0 Å². The zero-order chi connectivity index (χ0) is 16.7. The van der Waals surface area contributed by atoms with E-state index < -0.39 is 0 Å². The summed E-state index contributed by atoms with van der Waals surface area (Å²) in [4.78, 5) is 17.0. The highest BCUT2D eigenvalue weighted by Gasteiger charge is 2.29. The first-order valence-electron chi connectivity index (χ1n) is 8.11. The molecule has 2 atom stereocenters. The molecular weight excluding hydrogens is 325 g/mol. The highest BCUT2D eigenvalue weighted by Crippen LogP contribution is 2.34. The van der Waals surface area contributed by atoms with Crippen molar-refractivity contribution in [2.75, 3.05) is 12.4 Å². The smallest absolute Gasteiger partial charge is 0.229 e. The number of anilines is 1. The predicted octanol–water partition coefficient (Wildman–Crippen LogP) is 3.92. The Hall–Kier alpha value is -2.05. The van der Waals surface area contributed by atoms with E-state index in [0.717, 1.165) is 40.3 Å². The number of halogens is 1. The van der Waals surface area contributed by atoms with Crippen LogP contribution in [0.4, 0.5) is 9.52 Å². The second-order valence-electron chi connectivity index (χ2n) is 6.28. The maximum atomic E-state index is 13.4. The molecular formula is C18H18FN3OS. The monoisotopic (exact) mass is 343 g/mol. The number of carbonyl (C=O) groups is 1. The Morgan fingerprint density at radius 1 is 1.29 bits per heavy atom. The van der Waals surface area contributed by atoms with Crippen molar-refractivity contribution in [3.63, 3.8) is 0 Å². The first kappa shape index (κ1) is 15.5. The molecule has 4 rings (SSSR count). The molecule has 0 unspecified atom stereocenters. The van der Waals surface area contributed by atoms with Crippen molar-refractivity contribution in [2.45, 2.75) is 25.3 Å². The number of carbonyl (C=O) groups excluding carboxylic acids is 1. The van der Waals surface area contributed by atoms with Crippen LogP contribution in [0.3, 0.4) is 0 Å². The summed E-state index contributed by atoms with van der Waals surface area (Å²) in [6.07, 6.45) is 2.81. The molecule has 1 aliphatic rings. The number of amides is 1. The second-order valence-corrected chi connectivity index (χ2v) is 7.28. The quantitative estimate of drug-likeness (QED) is 0.758. The van der Waals surface area contributed by atoms with Crippen molar-refractivity contribution in [1.29, 1.82) is 0 Å². The number of thiazole rings is 1. The molecule has 0 aliphatic heterocycles. The fraction of sp³-hybridized carbons (Fsp3) is 0.333. The molecule has 1 aliphatic carbocycles. The Morgan fingerprint density at radius 2 is 2.17 bits per heavy atom. The van der Waals surface area contributed by atoms with Gasteiger partial charge in [-0.2, -0.15) is 0 Å². The molecule has 0 spiro atoms. The highest BCUT2D eigenvalue weighted by atomic mass is 32.1. The predicted molar refractivity (Wildman–Crippen MR) is 95.9 cm³/mol. The maximum Gasteiger partial charge on any atom is 0.229 e. The van der Waals surface area contributed by atoms with Gasteiger partial charge in [0, 0.05) is 17.3 Å². The van der Waals surface area contributed by atoms with Crippen LogP contribution in [0.25, 0.3) is 21.0 Å². The molecule has 1 heterocycles. The topological polar surface area (TPSA) is 54.0 Å². The van der Waals surface area contributed by atoms with Gasteiger partial charge in [-0.05, 0) is 56.0 Å². The van der Waals surface area contributed by atoms with Gasteiger partial charge >= 0.3 is 0 Å². The molecule has 2 aromatic carbocycles. The fourth-order valence-electron chi connectivity index (χ4n) is 3.43. The van der Waals surface area contributed by atoms with Crippen LogP contribution in [0.2, 0.25) is 0 Å². The first-order valence-corrected chi connectivity index (χ1v) is 8.92. The second kappa shape index (κ2) is 6.11. The molecule has 2 N–H and O–H groups in total. The lowest BCUT2D eigenvalue weighted by Gasteiger charge is -2.09. The molecule has 1 fully saturated rings. The third-order valence-electron chi connectivity index (χ3n) is 4.77. The molecule has 124 valence electrons. The zero-order valence-corrected chi connectivity index (χ0v) is 14.1. The Balaban J connectivity index is 1.61. The number of hydrogen-bond donors (Lipinski definition) is 2. The lowest BCUT2D eigenvalue weighted by Crippen LogP contribution is -2.25. The summed E-state index contributed by atoms with van der Waals surface area (Å²) in [5.74, 6) is -0.164. The molecule has 1 aromatic heterocycles. The van der Waals surface area contributed by atoms with Crippen LogP contribution in [0.5, 0.6) is 0 Å². The number of rotatable bonds is 3. The number of nitrogens with one attached hydrogen (secondary N) is 2. The summed E-state index contributed by atoms with van der Waals surface area (Å²) in [7, 11) is 1.94. The van der Waals surface area contributed by atoms with E-state index in [2.05, 4.69) is 15.6 Å². The lowest BCUT2D eigenvalue weighted by molar-refractivity contribution is -0.119. The van der Waals surface area contributed by atoms with Crippen molar-refractivity contribution in [2.24, 2.45) is 5.92 Å². The molecule has 1 saturated carbocycles.